The van der Waals surface area contributed by atoms with Gasteiger partial charge in [0.05, 0.1) is 16.7 Å². The van der Waals surface area contributed by atoms with E-state index >= 15 is 0 Å². The largest absolute Gasteiger partial charge is 0.299 e. The summed E-state index contributed by atoms with van der Waals surface area (Å²) in [5.41, 5.74) is 5.55. The molecule has 0 saturated heterocycles. The second-order valence-corrected chi connectivity index (χ2v) is 4.76. The summed E-state index contributed by atoms with van der Waals surface area (Å²) in [5.74, 6) is 0. The molecule has 3 nitrogen and oxygen atoms in total. The minimum Gasteiger partial charge on any atom is -0.299 e. The summed E-state index contributed by atoms with van der Waals surface area (Å²) in [7, 11) is 0. The maximum Gasteiger partial charge on any atom is 0.131 e. The van der Waals surface area contributed by atoms with Gasteiger partial charge in [-0.1, -0.05) is 11.6 Å². The maximum absolute atomic E-state index is 5.92. The Morgan fingerprint density at radius 3 is 2.61 bits per heavy atom. The van der Waals surface area contributed by atoms with Gasteiger partial charge in [-0.3, -0.25) is 4.57 Å². The summed E-state index contributed by atoms with van der Waals surface area (Å²) < 4.78 is 2.02. The van der Waals surface area contributed by atoms with Crippen LogP contribution in [0.15, 0.2) is 36.8 Å². The van der Waals surface area contributed by atoms with Crippen molar-refractivity contribution in [3.63, 3.8) is 0 Å². The average molecular weight is 258 g/mol. The first kappa shape index (κ1) is 11.2. The molecule has 0 aliphatic carbocycles. The number of pyridine rings is 1. The number of aromatic nitrogens is 3. The molecule has 3 aromatic rings. The van der Waals surface area contributed by atoms with Crippen molar-refractivity contribution in [1.29, 1.82) is 0 Å². The third-order valence-electron chi connectivity index (χ3n) is 3.15. The smallest absolute Gasteiger partial charge is 0.131 e. The predicted octanol–water partition coefficient (Wildman–Crippen LogP) is 3.69. The molecule has 3 rings (SSSR count). The van der Waals surface area contributed by atoms with Crippen molar-refractivity contribution in [3.8, 4) is 5.69 Å². The van der Waals surface area contributed by atoms with Crippen molar-refractivity contribution in [3.05, 3.63) is 53.1 Å². The van der Waals surface area contributed by atoms with E-state index in [1.54, 1.807) is 6.20 Å². The topological polar surface area (TPSA) is 30.7 Å². The van der Waals surface area contributed by atoms with Gasteiger partial charge >= 0.3 is 0 Å². The van der Waals surface area contributed by atoms with Crippen molar-refractivity contribution in [2.24, 2.45) is 0 Å². The third kappa shape index (κ3) is 1.77. The van der Waals surface area contributed by atoms with Gasteiger partial charge in [-0.2, -0.15) is 0 Å². The number of nitrogens with zero attached hydrogens (tertiary/aromatic N) is 3. The van der Waals surface area contributed by atoms with Gasteiger partial charge in [0, 0.05) is 6.20 Å². The number of rotatable bonds is 1. The quantitative estimate of drug-likeness (QED) is 0.623. The van der Waals surface area contributed by atoms with Crippen LogP contribution in [0.4, 0.5) is 0 Å². The predicted molar refractivity (Wildman–Crippen MR) is 73.3 cm³/mol. The van der Waals surface area contributed by atoms with Crippen LogP contribution in [0.25, 0.3) is 16.7 Å². The molecular formula is C14H12ClN3. The van der Waals surface area contributed by atoms with Crippen molar-refractivity contribution < 1.29 is 0 Å². The zero-order valence-electron chi connectivity index (χ0n) is 10.2. The van der Waals surface area contributed by atoms with Gasteiger partial charge in [0.15, 0.2) is 0 Å². The molecular weight excluding hydrogens is 246 g/mol. The second kappa shape index (κ2) is 4.10. The van der Waals surface area contributed by atoms with E-state index < -0.39 is 0 Å². The van der Waals surface area contributed by atoms with E-state index in [1.807, 2.05) is 23.0 Å². The number of imidazole rings is 1. The summed E-state index contributed by atoms with van der Waals surface area (Å²) in [6.45, 7) is 4.20. The van der Waals surface area contributed by atoms with Gasteiger partial charge in [-0.15, -0.1) is 0 Å². The fourth-order valence-corrected chi connectivity index (χ4v) is 2.18. The molecule has 0 radical (unpaired) electrons. The lowest BCUT2D eigenvalue weighted by atomic mass is 10.1. The molecule has 0 saturated carbocycles. The lowest BCUT2D eigenvalue weighted by molar-refractivity contribution is 1.08. The second-order valence-electron chi connectivity index (χ2n) is 4.38. The van der Waals surface area contributed by atoms with Crippen LogP contribution in [0.2, 0.25) is 5.15 Å². The van der Waals surface area contributed by atoms with Crippen LogP contribution in [0.3, 0.4) is 0 Å². The molecule has 0 aliphatic rings. The van der Waals surface area contributed by atoms with Crippen LogP contribution in [0, 0.1) is 13.8 Å². The Kier molecular flexibility index (Phi) is 2.56. The molecule has 2 aromatic heterocycles. The lowest BCUT2D eigenvalue weighted by Crippen LogP contribution is -1.93. The molecule has 0 unspecified atom stereocenters. The molecule has 1 aromatic carbocycles. The molecule has 90 valence electrons. The number of fused-ring (bicyclic) bond motifs is 1. The van der Waals surface area contributed by atoms with Crippen LogP contribution >= 0.6 is 11.6 Å². The highest BCUT2D eigenvalue weighted by Crippen LogP contribution is 2.22. The number of hydrogen-bond acceptors (Lipinski definition) is 2. The maximum atomic E-state index is 5.92. The van der Waals surface area contributed by atoms with Crippen LogP contribution in [0.1, 0.15) is 11.1 Å². The third-order valence-corrected chi connectivity index (χ3v) is 3.36. The fraction of sp³-hybridized carbons (Fsp3) is 0.143. The monoisotopic (exact) mass is 257 g/mol. The molecule has 0 spiro atoms. The molecule has 4 heteroatoms. The Morgan fingerprint density at radius 2 is 1.83 bits per heavy atom. The molecule has 0 N–H and O–H groups in total. The van der Waals surface area contributed by atoms with E-state index in [0.717, 1.165) is 16.7 Å². The Balaban J connectivity index is 2.27. The Morgan fingerprint density at radius 1 is 1.06 bits per heavy atom. The van der Waals surface area contributed by atoms with Crippen LogP contribution in [-0.4, -0.2) is 14.5 Å². The van der Waals surface area contributed by atoms with E-state index in [2.05, 4.69) is 35.9 Å². The normalized spacial score (nSPS) is 11.1. The highest BCUT2D eigenvalue weighted by molar-refractivity contribution is 6.29. The summed E-state index contributed by atoms with van der Waals surface area (Å²) in [6.07, 6.45) is 3.51. The minimum atomic E-state index is 0.484. The van der Waals surface area contributed by atoms with Gasteiger partial charge in [0.1, 0.15) is 11.5 Å². The van der Waals surface area contributed by atoms with Gasteiger partial charge < -0.3 is 0 Å². The first-order valence-electron chi connectivity index (χ1n) is 5.71. The zero-order valence-corrected chi connectivity index (χ0v) is 10.9. The average Bonchev–Trinajstić information content (AvgIpc) is 2.73. The van der Waals surface area contributed by atoms with E-state index in [-0.39, 0.29) is 0 Å². The summed E-state index contributed by atoms with van der Waals surface area (Å²) in [5, 5.41) is 0.484. The van der Waals surface area contributed by atoms with E-state index in [9.17, 15) is 0 Å². The van der Waals surface area contributed by atoms with Crippen LogP contribution in [-0.2, 0) is 0 Å². The number of benzene rings is 1. The lowest BCUT2D eigenvalue weighted by Gasteiger charge is -2.06. The molecule has 0 bridgehead atoms. The van der Waals surface area contributed by atoms with Crippen molar-refractivity contribution in [2.75, 3.05) is 0 Å². The van der Waals surface area contributed by atoms with Crippen molar-refractivity contribution in [1.82, 2.24) is 14.5 Å². The highest BCUT2D eigenvalue weighted by Gasteiger charge is 2.07. The Hall–Kier alpha value is -1.87. The van der Waals surface area contributed by atoms with E-state index in [0.29, 0.717) is 5.15 Å². The van der Waals surface area contributed by atoms with Crippen LogP contribution < -0.4 is 0 Å². The van der Waals surface area contributed by atoms with Crippen molar-refractivity contribution >= 4 is 22.6 Å². The van der Waals surface area contributed by atoms with Gasteiger partial charge in [-0.25, -0.2) is 9.97 Å². The van der Waals surface area contributed by atoms with E-state index in [1.165, 1.54) is 11.1 Å². The molecule has 0 aliphatic heterocycles. The zero-order chi connectivity index (χ0) is 12.7. The molecule has 0 atom stereocenters. The van der Waals surface area contributed by atoms with Gasteiger partial charge in [-0.05, 0) is 49.2 Å². The number of halogens is 1. The SMILES string of the molecule is Cc1cc2ncn(-c3ccnc(Cl)c3)c2cc1C. The first-order chi connectivity index (χ1) is 8.65. The summed E-state index contributed by atoms with van der Waals surface area (Å²) in [6, 6.07) is 8.00. The number of hydrogen-bond donors (Lipinski definition) is 0. The van der Waals surface area contributed by atoms with Gasteiger partial charge in [0.25, 0.3) is 0 Å². The first-order valence-corrected chi connectivity index (χ1v) is 6.09. The van der Waals surface area contributed by atoms with Crippen molar-refractivity contribution in [2.45, 2.75) is 13.8 Å². The molecule has 0 amide bonds. The fourth-order valence-electron chi connectivity index (χ4n) is 2.01. The Bertz CT molecular complexity index is 731. The summed E-state index contributed by atoms with van der Waals surface area (Å²) >= 11 is 5.92. The molecule has 2 heterocycles. The highest BCUT2D eigenvalue weighted by atomic mass is 35.5. The van der Waals surface area contributed by atoms with E-state index in [4.69, 9.17) is 11.6 Å². The summed E-state index contributed by atoms with van der Waals surface area (Å²) in [4.78, 5) is 8.42. The molecule has 18 heavy (non-hydrogen) atoms. The standard InChI is InChI=1S/C14H12ClN3/c1-9-5-12-13(6-10(9)2)18(8-17-12)11-3-4-16-14(15)7-11/h3-8H,1-2H3. The van der Waals surface area contributed by atoms with Gasteiger partial charge in [0.2, 0.25) is 0 Å². The van der Waals surface area contributed by atoms with Crippen LogP contribution in [0.5, 0.6) is 0 Å². The number of aryl methyl sites for hydroxylation is 2. The minimum absolute atomic E-state index is 0.484. The Labute approximate surface area is 110 Å². The molecule has 0 fully saturated rings.